The molecule has 0 radical (unpaired) electrons. The summed E-state index contributed by atoms with van der Waals surface area (Å²) in [6.45, 7) is 0. The second-order valence-electron chi connectivity index (χ2n) is 6.31. The van der Waals surface area contributed by atoms with E-state index < -0.39 is 0 Å². The van der Waals surface area contributed by atoms with E-state index in [0.717, 1.165) is 39.7 Å². The number of para-hydroxylation sites is 2. The number of carbonyl (C=O) groups is 1. The first-order valence-electron chi connectivity index (χ1n) is 8.36. The number of hydrogen-bond acceptors (Lipinski definition) is 1. The van der Waals surface area contributed by atoms with E-state index in [2.05, 4.69) is 41.4 Å². The Labute approximate surface area is 145 Å². The molecule has 1 aliphatic rings. The van der Waals surface area contributed by atoms with Gasteiger partial charge in [0.05, 0.1) is 11.7 Å². The third-order valence-corrected chi connectivity index (χ3v) is 5.04. The van der Waals surface area contributed by atoms with Gasteiger partial charge in [0.15, 0.2) is 0 Å². The van der Waals surface area contributed by atoms with Crippen LogP contribution in [0.2, 0.25) is 0 Å². The fourth-order valence-electron chi connectivity index (χ4n) is 3.95. The highest BCUT2D eigenvalue weighted by Gasteiger charge is 2.32. The lowest BCUT2D eigenvalue weighted by Gasteiger charge is -2.36. The maximum absolute atomic E-state index is 12.1. The van der Waals surface area contributed by atoms with Crippen LogP contribution >= 0.6 is 0 Å². The zero-order chi connectivity index (χ0) is 16.8. The van der Waals surface area contributed by atoms with Gasteiger partial charge in [0.1, 0.15) is 0 Å². The van der Waals surface area contributed by atoms with Crippen molar-refractivity contribution in [2.75, 3.05) is 4.90 Å². The maximum atomic E-state index is 12.1. The highest BCUT2D eigenvalue weighted by Crippen LogP contribution is 2.47. The Bertz CT molecular complexity index is 1100. The van der Waals surface area contributed by atoms with Crippen molar-refractivity contribution >= 4 is 23.0 Å². The van der Waals surface area contributed by atoms with Crippen molar-refractivity contribution in [3.63, 3.8) is 0 Å². The van der Waals surface area contributed by atoms with E-state index in [-0.39, 0.29) is 6.04 Å². The van der Waals surface area contributed by atoms with Gasteiger partial charge in [-0.05, 0) is 23.3 Å². The van der Waals surface area contributed by atoms with Crippen LogP contribution in [-0.4, -0.2) is 11.4 Å². The molecule has 1 aromatic heterocycles. The number of nitrogens with zero attached hydrogens (tertiary/aromatic N) is 1. The third-order valence-electron chi connectivity index (χ3n) is 5.04. The second-order valence-corrected chi connectivity index (χ2v) is 6.31. The van der Waals surface area contributed by atoms with Gasteiger partial charge in [0.2, 0.25) is 6.41 Å². The average Bonchev–Trinajstić information content (AvgIpc) is 3.10. The van der Waals surface area contributed by atoms with Gasteiger partial charge in [-0.15, -0.1) is 0 Å². The summed E-state index contributed by atoms with van der Waals surface area (Å²) in [4.78, 5) is 17.3. The summed E-state index contributed by atoms with van der Waals surface area (Å²) in [5.74, 6) is 0. The van der Waals surface area contributed by atoms with Gasteiger partial charge in [-0.1, -0.05) is 60.7 Å². The third kappa shape index (κ3) is 1.96. The molecule has 1 N–H and O–H groups in total. The van der Waals surface area contributed by atoms with Crippen molar-refractivity contribution in [1.82, 2.24) is 4.98 Å². The van der Waals surface area contributed by atoms with E-state index in [1.54, 1.807) is 0 Å². The standard InChI is InChI=1S/C22H16N2O/c25-14-24-21-12-6-4-9-17(21)15-7-1-2-10-18(15)22(24)19-13-23-20-11-5-3-8-16(19)20/h1-14,22-23H. The van der Waals surface area contributed by atoms with Crippen molar-refractivity contribution in [3.05, 3.63) is 90.1 Å². The Hall–Kier alpha value is -3.33. The Kier molecular flexibility index (Phi) is 3.01. The van der Waals surface area contributed by atoms with E-state index in [1.165, 1.54) is 5.56 Å². The highest BCUT2D eigenvalue weighted by molar-refractivity contribution is 5.95. The van der Waals surface area contributed by atoms with E-state index >= 15 is 0 Å². The molecule has 0 saturated carbocycles. The fourth-order valence-corrected chi connectivity index (χ4v) is 3.95. The van der Waals surface area contributed by atoms with Gasteiger partial charge in [0, 0.05) is 28.2 Å². The minimum absolute atomic E-state index is 0.139. The SMILES string of the molecule is O=CN1c2ccccc2-c2ccccc2C1c1c[nH]c2ccccc12. The van der Waals surface area contributed by atoms with E-state index in [1.807, 2.05) is 47.5 Å². The fraction of sp³-hybridized carbons (Fsp3) is 0.0455. The molecule has 4 aromatic rings. The largest absolute Gasteiger partial charge is 0.361 e. The van der Waals surface area contributed by atoms with Crippen molar-refractivity contribution in [1.29, 1.82) is 0 Å². The predicted molar refractivity (Wildman–Crippen MR) is 101 cm³/mol. The summed E-state index contributed by atoms with van der Waals surface area (Å²) in [5.41, 5.74) is 6.58. The number of hydrogen-bond donors (Lipinski definition) is 1. The first-order chi connectivity index (χ1) is 12.4. The van der Waals surface area contributed by atoms with Crippen molar-refractivity contribution < 1.29 is 4.79 Å². The second kappa shape index (κ2) is 5.35. The number of carbonyl (C=O) groups excluding carboxylic acids is 1. The molecule has 1 aliphatic heterocycles. The number of fused-ring (bicyclic) bond motifs is 4. The molecule has 0 fully saturated rings. The van der Waals surface area contributed by atoms with E-state index in [9.17, 15) is 4.79 Å². The van der Waals surface area contributed by atoms with E-state index in [4.69, 9.17) is 0 Å². The highest BCUT2D eigenvalue weighted by atomic mass is 16.1. The van der Waals surface area contributed by atoms with Crippen molar-refractivity contribution in [2.45, 2.75) is 6.04 Å². The summed E-state index contributed by atoms with van der Waals surface area (Å²) in [6, 6.07) is 24.5. The molecule has 1 amide bonds. The van der Waals surface area contributed by atoms with Crippen LogP contribution in [0, 0.1) is 0 Å². The molecular formula is C22H16N2O. The Morgan fingerprint density at radius 1 is 0.800 bits per heavy atom. The summed E-state index contributed by atoms with van der Waals surface area (Å²) in [5, 5.41) is 1.15. The number of benzene rings is 3. The molecule has 120 valence electrons. The van der Waals surface area contributed by atoms with Crippen LogP contribution in [-0.2, 0) is 4.79 Å². The first kappa shape index (κ1) is 14.1. The summed E-state index contributed by atoms with van der Waals surface area (Å²) in [6.07, 6.45) is 2.97. The lowest BCUT2D eigenvalue weighted by molar-refractivity contribution is -0.107. The number of nitrogens with one attached hydrogen (secondary N) is 1. The summed E-state index contributed by atoms with van der Waals surface area (Å²) < 4.78 is 0. The minimum atomic E-state index is -0.139. The smallest absolute Gasteiger partial charge is 0.215 e. The Morgan fingerprint density at radius 2 is 1.52 bits per heavy atom. The number of H-pyrrole nitrogens is 1. The number of amides is 1. The van der Waals surface area contributed by atoms with Crippen LogP contribution in [0.4, 0.5) is 5.69 Å². The zero-order valence-electron chi connectivity index (χ0n) is 13.5. The van der Waals surface area contributed by atoms with Crippen LogP contribution in [0.15, 0.2) is 79.0 Å². The lowest BCUT2D eigenvalue weighted by Crippen LogP contribution is -2.31. The molecule has 5 rings (SSSR count). The van der Waals surface area contributed by atoms with Gasteiger partial charge in [-0.25, -0.2) is 0 Å². The van der Waals surface area contributed by atoms with E-state index in [0.29, 0.717) is 0 Å². The average molecular weight is 324 g/mol. The first-order valence-corrected chi connectivity index (χ1v) is 8.36. The number of aromatic nitrogens is 1. The predicted octanol–water partition coefficient (Wildman–Crippen LogP) is 4.90. The molecule has 1 unspecified atom stereocenters. The molecular weight excluding hydrogens is 308 g/mol. The maximum Gasteiger partial charge on any atom is 0.215 e. The Morgan fingerprint density at radius 3 is 2.40 bits per heavy atom. The Balaban J connectivity index is 1.83. The molecule has 0 spiro atoms. The quantitative estimate of drug-likeness (QED) is 0.523. The van der Waals surface area contributed by atoms with Gasteiger partial charge in [-0.3, -0.25) is 4.79 Å². The lowest BCUT2D eigenvalue weighted by atomic mass is 9.85. The summed E-state index contributed by atoms with van der Waals surface area (Å²) in [7, 11) is 0. The van der Waals surface area contributed by atoms with Gasteiger partial charge in [-0.2, -0.15) is 0 Å². The minimum Gasteiger partial charge on any atom is -0.361 e. The molecule has 3 nitrogen and oxygen atoms in total. The molecule has 3 aromatic carbocycles. The zero-order valence-corrected chi connectivity index (χ0v) is 13.5. The van der Waals surface area contributed by atoms with Crippen molar-refractivity contribution in [3.8, 4) is 11.1 Å². The van der Waals surface area contributed by atoms with Gasteiger partial charge in [0.25, 0.3) is 0 Å². The molecule has 0 saturated heterocycles. The van der Waals surface area contributed by atoms with Crippen LogP contribution in [0.25, 0.3) is 22.0 Å². The van der Waals surface area contributed by atoms with Crippen molar-refractivity contribution in [2.24, 2.45) is 0 Å². The monoisotopic (exact) mass is 324 g/mol. The molecule has 1 atom stereocenters. The van der Waals surface area contributed by atoms with Gasteiger partial charge >= 0.3 is 0 Å². The summed E-state index contributed by atoms with van der Waals surface area (Å²) >= 11 is 0. The van der Waals surface area contributed by atoms with Crippen LogP contribution in [0.5, 0.6) is 0 Å². The van der Waals surface area contributed by atoms with Crippen LogP contribution in [0.1, 0.15) is 17.2 Å². The molecule has 3 heteroatoms. The molecule has 0 aliphatic carbocycles. The van der Waals surface area contributed by atoms with Crippen LogP contribution in [0.3, 0.4) is 0 Å². The number of anilines is 1. The number of rotatable bonds is 2. The van der Waals surface area contributed by atoms with Crippen LogP contribution < -0.4 is 4.90 Å². The normalized spacial score (nSPS) is 15.7. The molecule has 0 bridgehead atoms. The number of aromatic amines is 1. The van der Waals surface area contributed by atoms with Gasteiger partial charge < -0.3 is 9.88 Å². The molecule has 2 heterocycles. The topological polar surface area (TPSA) is 36.1 Å². The molecule has 25 heavy (non-hydrogen) atoms.